The standard InChI is InChI=1S/C15H20N4O/c1-12-4-2-3-5-13(12)10-14-17-18-15(20-14)11-19-8-6-16-7-9-19/h2-5,16H,6-11H2,1H3. The van der Waals surface area contributed by atoms with E-state index in [-0.39, 0.29) is 0 Å². The first kappa shape index (κ1) is 13.3. The van der Waals surface area contributed by atoms with E-state index in [2.05, 4.69) is 39.5 Å². The number of nitrogens with one attached hydrogen (secondary N) is 1. The van der Waals surface area contributed by atoms with Crippen molar-refractivity contribution in [3.63, 3.8) is 0 Å². The molecule has 106 valence electrons. The van der Waals surface area contributed by atoms with Crippen LogP contribution in [-0.4, -0.2) is 41.3 Å². The minimum absolute atomic E-state index is 0.699. The molecule has 0 saturated carbocycles. The third kappa shape index (κ3) is 3.23. The number of piperazine rings is 1. The van der Waals surface area contributed by atoms with Crippen LogP contribution in [0.15, 0.2) is 28.7 Å². The molecule has 0 radical (unpaired) electrons. The summed E-state index contributed by atoms with van der Waals surface area (Å²) >= 11 is 0. The van der Waals surface area contributed by atoms with E-state index < -0.39 is 0 Å². The number of hydrogen-bond acceptors (Lipinski definition) is 5. The Hall–Kier alpha value is -1.72. The van der Waals surface area contributed by atoms with Crippen molar-refractivity contribution in [1.29, 1.82) is 0 Å². The van der Waals surface area contributed by atoms with E-state index in [0.29, 0.717) is 12.3 Å². The van der Waals surface area contributed by atoms with Crippen LogP contribution < -0.4 is 5.32 Å². The monoisotopic (exact) mass is 272 g/mol. The van der Waals surface area contributed by atoms with Crippen molar-refractivity contribution in [3.05, 3.63) is 47.2 Å². The van der Waals surface area contributed by atoms with Gasteiger partial charge in [0.25, 0.3) is 0 Å². The SMILES string of the molecule is Cc1ccccc1Cc1nnc(CN2CCNCC2)o1. The second-order valence-corrected chi connectivity index (χ2v) is 5.22. The first-order chi connectivity index (χ1) is 9.81. The molecular formula is C15H20N4O. The molecule has 1 aromatic heterocycles. The molecule has 0 atom stereocenters. The lowest BCUT2D eigenvalue weighted by molar-refractivity contribution is 0.211. The van der Waals surface area contributed by atoms with Crippen LogP contribution in [0.25, 0.3) is 0 Å². The number of rotatable bonds is 4. The summed E-state index contributed by atoms with van der Waals surface area (Å²) in [5.41, 5.74) is 2.50. The van der Waals surface area contributed by atoms with Gasteiger partial charge >= 0.3 is 0 Å². The highest BCUT2D eigenvalue weighted by Crippen LogP contribution is 2.13. The fourth-order valence-corrected chi connectivity index (χ4v) is 2.46. The van der Waals surface area contributed by atoms with Crippen LogP contribution in [0, 0.1) is 6.92 Å². The maximum atomic E-state index is 5.76. The van der Waals surface area contributed by atoms with Gasteiger partial charge in [0.2, 0.25) is 11.8 Å². The maximum Gasteiger partial charge on any atom is 0.230 e. The van der Waals surface area contributed by atoms with Gasteiger partial charge < -0.3 is 9.73 Å². The highest BCUT2D eigenvalue weighted by Gasteiger charge is 2.14. The predicted molar refractivity (Wildman–Crippen MR) is 76.4 cm³/mol. The molecule has 0 spiro atoms. The molecule has 5 nitrogen and oxygen atoms in total. The van der Waals surface area contributed by atoms with E-state index in [9.17, 15) is 0 Å². The summed E-state index contributed by atoms with van der Waals surface area (Å²) in [5, 5.41) is 11.7. The van der Waals surface area contributed by atoms with Crippen molar-refractivity contribution < 1.29 is 4.42 Å². The minimum atomic E-state index is 0.699. The molecule has 0 bridgehead atoms. The van der Waals surface area contributed by atoms with Gasteiger partial charge in [-0.15, -0.1) is 10.2 Å². The third-order valence-electron chi connectivity index (χ3n) is 3.68. The Balaban J connectivity index is 1.63. The summed E-state index contributed by atoms with van der Waals surface area (Å²) in [6.07, 6.45) is 0.710. The Morgan fingerprint density at radius 3 is 2.70 bits per heavy atom. The summed E-state index contributed by atoms with van der Waals surface area (Å²) in [6, 6.07) is 8.30. The minimum Gasteiger partial charge on any atom is -0.424 e. The van der Waals surface area contributed by atoms with Gasteiger partial charge in [-0.1, -0.05) is 24.3 Å². The van der Waals surface area contributed by atoms with Crippen LogP contribution in [0.5, 0.6) is 0 Å². The lowest BCUT2D eigenvalue weighted by Gasteiger charge is -2.25. The van der Waals surface area contributed by atoms with Crippen molar-refractivity contribution in [2.24, 2.45) is 0 Å². The Morgan fingerprint density at radius 2 is 1.90 bits per heavy atom. The zero-order chi connectivity index (χ0) is 13.8. The largest absolute Gasteiger partial charge is 0.424 e. The molecule has 1 saturated heterocycles. The van der Waals surface area contributed by atoms with Gasteiger partial charge in [-0.2, -0.15) is 0 Å². The summed E-state index contributed by atoms with van der Waals surface area (Å²) in [7, 11) is 0. The molecule has 1 fully saturated rings. The second-order valence-electron chi connectivity index (χ2n) is 5.22. The summed E-state index contributed by atoms with van der Waals surface area (Å²) < 4.78 is 5.76. The quantitative estimate of drug-likeness (QED) is 0.911. The highest BCUT2D eigenvalue weighted by molar-refractivity contribution is 5.27. The van der Waals surface area contributed by atoms with Crippen molar-refractivity contribution in [2.45, 2.75) is 19.9 Å². The Bertz CT molecular complexity index is 561. The Morgan fingerprint density at radius 1 is 1.15 bits per heavy atom. The maximum absolute atomic E-state index is 5.76. The van der Waals surface area contributed by atoms with E-state index >= 15 is 0 Å². The molecular weight excluding hydrogens is 252 g/mol. The zero-order valence-electron chi connectivity index (χ0n) is 11.8. The molecule has 1 aliphatic rings. The average Bonchev–Trinajstić information content (AvgIpc) is 2.90. The van der Waals surface area contributed by atoms with Gasteiger partial charge in [0, 0.05) is 26.2 Å². The molecule has 1 aromatic carbocycles. The number of nitrogens with zero attached hydrogens (tertiary/aromatic N) is 3. The molecule has 1 N–H and O–H groups in total. The average molecular weight is 272 g/mol. The first-order valence-electron chi connectivity index (χ1n) is 7.10. The zero-order valence-corrected chi connectivity index (χ0v) is 11.8. The molecule has 3 rings (SSSR count). The Labute approximate surface area is 119 Å². The fourth-order valence-electron chi connectivity index (χ4n) is 2.46. The Kier molecular flexibility index (Phi) is 4.08. The van der Waals surface area contributed by atoms with E-state index in [1.807, 2.05) is 12.1 Å². The van der Waals surface area contributed by atoms with Crippen molar-refractivity contribution in [2.75, 3.05) is 26.2 Å². The van der Waals surface area contributed by atoms with Crippen LogP contribution in [-0.2, 0) is 13.0 Å². The molecule has 0 amide bonds. The van der Waals surface area contributed by atoms with E-state index in [1.165, 1.54) is 11.1 Å². The van der Waals surface area contributed by atoms with Crippen LogP contribution >= 0.6 is 0 Å². The van der Waals surface area contributed by atoms with Crippen molar-refractivity contribution in [3.8, 4) is 0 Å². The highest BCUT2D eigenvalue weighted by atomic mass is 16.4. The van der Waals surface area contributed by atoms with Crippen molar-refractivity contribution in [1.82, 2.24) is 20.4 Å². The second kappa shape index (κ2) is 6.15. The van der Waals surface area contributed by atoms with Gasteiger partial charge in [-0.25, -0.2) is 0 Å². The van der Waals surface area contributed by atoms with E-state index in [1.54, 1.807) is 0 Å². The lowest BCUT2D eigenvalue weighted by Crippen LogP contribution is -2.42. The summed E-state index contributed by atoms with van der Waals surface area (Å²) in [4.78, 5) is 2.33. The van der Waals surface area contributed by atoms with E-state index in [4.69, 9.17) is 4.42 Å². The smallest absolute Gasteiger partial charge is 0.230 e. The van der Waals surface area contributed by atoms with E-state index in [0.717, 1.165) is 38.6 Å². The predicted octanol–water partition coefficient (Wildman–Crippen LogP) is 1.37. The molecule has 20 heavy (non-hydrogen) atoms. The molecule has 0 unspecified atom stereocenters. The molecule has 2 heterocycles. The number of aryl methyl sites for hydroxylation is 1. The van der Waals surface area contributed by atoms with Crippen molar-refractivity contribution >= 4 is 0 Å². The van der Waals surface area contributed by atoms with Gasteiger partial charge in [0.05, 0.1) is 13.0 Å². The van der Waals surface area contributed by atoms with Gasteiger partial charge in [-0.05, 0) is 18.1 Å². The summed E-state index contributed by atoms with van der Waals surface area (Å²) in [5.74, 6) is 1.42. The number of benzene rings is 1. The van der Waals surface area contributed by atoms with Crippen LogP contribution in [0.1, 0.15) is 22.9 Å². The molecule has 1 aliphatic heterocycles. The van der Waals surface area contributed by atoms with Gasteiger partial charge in [0.1, 0.15) is 0 Å². The first-order valence-corrected chi connectivity index (χ1v) is 7.10. The topological polar surface area (TPSA) is 54.2 Å². The normalized spacial score (nSPS) is 16.4. The summed E-state index contributed by atoms with van der Waals surface area (Å²) in [6.45, 7) is 7.00. The van der Waals surface area contributed by atoms with Crippen LogP contribution in [0.4, 0.5) is 0 Å². The fraction of sp³-hybridized carbons (Fsp3) is 0.467. The molecule has 2 aromatic rings. The molecule has 0 aliphatic carbocycles. The van der Waals surface area contributed by atoms with Crippen LogP contribution in [0.3, 0.4) is 0 Å². The van der Waals surface area contributed by atoms with Gasteiger partial charge in [0.15, 0.2) is 0 Å². The number of hydrogen-bond donors (Lipinski definition) is 1. The van der Waals surface area contributed by atoms with Gasteiger partial charge in [-0.3, -0.25) is 4.90 Å². The lowest BCUT2D eigenvalue weighted by atomic mass is 10.1. The third-order valence-corrected chi connectivity index (χ3v) is 3.68. The molecule has 5 heteroatoms. The number of aromatic nitrogens is 2. The van der Waals surface area contributed by atoms with Crippen LogP contribution in [0.2, 0.25) is 0 Å².